The van der Waals surface area contributed by atoms with Crippen molar-refractivity contribution in [3.8, 4) is 17.2 Å². The van der Waals surface area contributed by atoms with Gasteiger partial charge < -0.3 is 14.2 Å². The van der Waals surface area contributed by atoms with Crippen LogP contribution in [-0.2, 0) is 6.42 Å². The molecule has 0 bridgehead atoms. The number of Topliss-reactive ketones (excluding diaryl/α,β-unsaturated/α-hetero) is 1. The second-order valence-corrected chi connectivity index (χ2v) is 6.33. The monoisotopic (exact) mass is 340 g/mol. The standard InChI is InChI=1S/C19H20N2O4/c1-21-7-5-12-8-16-18(25-11-24-16)19(23-2)17(12)14(21)9-15(22)13-4-3-6-20-10-13/h3-4,6,8,10,14H,5,7,9,11H2,1-2H3. The van der Waals surface area contributed by atoms with Crippen LogP contribution < -0.4 is 14.2 Å². The van der Waals surface area contributed by atoms with Crippen LogP contribution in [0.25, 0.3) is 0 Å². The Morgan fingerprint density at radius 3 is 3.08 bits per heavy atom. The number of carbonyl (C=O) groups is 1. The van der Waals surface area contributed by atoms with Gasteiger partial charge in [0, 0.05) is 42.5 Å². The van der Waals surface area contributed by atoms with E-state index in [1.165, 1.54) is 0 Å². The third-order valence-corrected chi connectivity index (χ3v) is 4.91. The van der Waals surface area contributed by atoms with E-state index in [2.05, 4.69) is 9.88 Å². The molecule has 0 aliphatic carbocycles. The molecule has 6 nitrogen and oxygen atoms in total. The molecule has 0 fully saturated rings. The van der Waals surface area contributed by atoms with E-state index in [0.717, 1.165) is 29.8 Å². The highest BCUT2D eigenvalue weighted by Crippen LogP contribution is 2.50. The average Bonchev–Trinajstić information content (AvgIpc) is 3.11. The quantitative estimate of drug-likeness (QED) is 0.798. The first-order valence-corrected chi connectivity index (χ1v) is 8.32. The van der Waals surface area contributed by atoms with Crippen LogP contribution in [0.15, 0.2) is 30.6 Å². The number of aromatic nitrogens is 1. The first-order valence-electron chi connectivity index (χ1n) is 8.32. The molecule has 4 rings (SSSR count). The average molecular weight is 340 g/mol. The molecule has 25 heavy (non-hydrogen) atoms. The second-order valence-electron chi connectivity index (χ2n) is 6.33. The lowest BCUT2D eigenvalue weighted by Gasteiger charge is -2.35. The van der Waals surface area contributed by atoms with Crippen LogP contribution in [0, 0.1) is 0 Å². The van der Waals surface area contributed by atoms with E-state index < -0.39 is 0 Å². The number of likely N-dealkylation sites (N-methyl/N-ethyl adjacent to an activating group) is 1. The summed E-state index contributed by atoms with van der Waals surface area (Å²) in [5, 5.41) is 0. The van der Waals surface area contributed by atoms with E-state index in [0.29, 0.717) is 23.5 Å². The summed E-state index contributed by atoms with van der Waals surface area (Å²) in [7, 11) is 3.67. The zero-order valence-electron chi connectivity index (χ0n) is 14.3. The Bertz CT molecular complexity index is 807. The maximum Gasteiger partial charge on any atom is 0.231 e. The van der Waals surface area contributed by atoms with E-state index in [1.807, 2.05) is 13.1 Å². The van der Waals surface area contributed by atoms with Crippen molar-refractivity contribution in [1.82, 2.24) is 9.88 Å². The normalized spacial score (nSPS) is 18.7. The summed E-state index contributed by atoms with van der Waals surface area (Å²) in [5.41, 5.74) is 2.81. The number of hydrogen-bond acceptors (Lipinski definition) is 6. The maximum absolute atomic E-state index is 12.7. The summed E-state index contributed by atoms with van der Waals surface area (Å²) in [5.74, 6) is 2.10. The fourth-order valence-electron chi connectivity index (χ4n) is 3.60. The lowest BCUT2D eigenvalue weighted by Crippen LogP contribution is -2.34. The van der Waals surface area contributed by atoms with E-state index in [-0.39, 0.29) is 18.6 Å². The van der Waals surface area contributed by atoms with Gasteiger partial charge >= 0.3 is 0 Å². The summed E-state index contributed by atoms with van der Waals surface area (Å²) in [4.78, 5) is 19.0. The predicted octanol–water partition coefficient (Wildman–Crippen LogP) is 2.62. The molecule has 1 aromatic carbocycles. The SMILES string of the molecule is COc1c2c(cc3c1C(CC(=O)c1cccnc1)N(C)CC3)OCO2. The zero-order chi connectivity index (χ0) is 17.4. The van der Waals surface area contributed by atoms with Crippen LogP contribution in [-0.4, -0.2) is 43.2 Å². The van der Waals surface area contributed by atoms with Crippen molar-refractivity contribution in [3.63, 3.8) is 0 Å². The van der Waals surface area contributed by atoms with Gasteiger partial charge in [0.25, 0.3) is 0 Å². The molecule has 2 aromatic rings. The Morgan fingerprint density at radius 1 is 1.44 bits per heavy atom. The topological polar surface area (TPSA) is 60.9 Å². The zero-order valence-corrected chi connectivity index (χ0v) is 14.3. The Morgan fingerprint density at radius 2 is 2.32 bits per heavy atom. The number of fused-ring (bicyclic) bond motifs is 2. The van der Waals surface area contributed by atoms with E-state index >= 15 is 0 Å². The lowest BCUT2D eigenvalue weighted by molar-refractivity contribution is 0.0925. The predicted molar refractivity (Wildman–Crippen MR) is 91.4 cm³/mol. The number of rotatable bonds is 4. The smallest absolute Gasteiger partial charge is 0.231 e. The van der Waals surface area contributed by atoms with Gasteiger partial charge in [-0.15, -0.1) is 0 Å². The Kier molecular flexibility index (Phi) is 4.05. The Balaban J connectivity index is 1.74. The van der Waals surface area contributed by atoms with Gasteiger partial charge in [-0.1, -0.05) is 0 Å². The number of ketones is 1. The van der Waals surface area contributed by atoms with Crippen molar-refractivity contribution in [2.45, 2.75) is 18.9 Å². The van der Waals surface area contributed by atoms with Crippen LogP contribution in [0.4, 0.5) is 0 Å². The van der Waals surface area contributed by atoms with Crippen LogP contribution in [0.2, 0.25) is 0 Å². The molecule has 2 aliphatic heterocycles. The molecule has 1 aromatic heterocycles. The molecular weight excluding hydrogens is 320 g/mol. The highest BCUT2D eigenvalue weighted by atomic mass is 16.7. The maximum atomic E-state index is 12.7. The molecule has 0 N–H and O–H groups in total. The van der Waals surface area contributed by atoms with Crippen molar-refractivity contribution < 1.29 is 19.0 Å². The van der Waals surface area contributed by atoms with Gasteiger partial charge in [0.05, 0.1) is 7.11 Å². The highest BCUT2D eigenvalue weighted by Gasteiger charge is 2.35. The minimum Gasteiger partial charge on any atom is -0.492 e. The number of hydrogen-bond donors (Lipinski definition) is 0. The summed E-state index contributed by atoms with van der Waals surface area (Å²) in [6.07, 6.45) is 4.53. The van der Waals surface area contributed by atoms with Gasteiger partial charge in [-0.2, -0.15) is 0 Å². The molecule has 0 saturated carbocycles. The number of pyridine rings is 1. The molecule has 3 heterocycles. The molecule has 6 heteroatoms. The van der Waals surface area contributed by atoms with E-state index in [9.17, 15) is 4.79 Å². The molecule has 0 saturated heterocycles. The van der Waals surface area contributed by atoms with Crippen LogP contribution in [0.5, 0.6) is 17.2 Å². The van der Waals surface area contributed by atoms with Crippen molar-refractivity contribution in [2.75, 3.05) is 27.5 Å². The molecule has 2 aliphatic rings. The van der Waals surface area contributed by atoms with Crippen LogP contribution >= 0.6 is 0 Å². The number of ether oxygens (including phenoxy) is 3. The van der Waals surface area contributed by atoms with Gasteiger partial charge in [-0.05, 0) is 37.2 Å². The van der Waals surface area contributed by atoms with Crippen LogP contribution in [0.1, 0.15) is 33.9 Å². The number of methoxy groups -OCH3 is 1. The third-order valence-electron chi connectivity index (χ3n) is 4.91. The van der Waals surface area contributed by atoms with Gasteiger partial charge in [-0.3, -0.25) is 14.7 Å². The van der Waals surface area contributed by atoms with Gasteiger partial charge in [-0.25, -0.2) is 0 Å². The molecular formula is C19H20N2O4. The first-order chi connectivity index (χ1) is 12.2. The first kappa shape index (κ1) is 15.9. The summed E-state index contributed by atoms with van der Waals surface area (Å²) < 4.78 is 16.8. The van der Waals surface area contributed by atoms with Crippen molar-refractivity contribution in [1.29, 1.82) is 0 Å². The molecule has 1 atom stereocenters. The van der Waals surface area contributed by atoms with Gasteiger partial charge in [0.15, 0.2) is 17.3 Å². The Hall–Kier alpha value is -2.60. The lowest BCUT2D eigenvalue weighted by atomic mass is 9.87. The minimum atomic E-state index is -0.0686. The van der Waals surface area contributed by atoms with Crippen molar-refractivity contribution in [3.05, 3.63) is 47.3 Å². The minimum absolute atomic E-state index is 0.0671. The molecule has 1 unspecified atom stereocenters. The van der Waals surface area contributed by atoms with E-state index in [1.54, 1.807) is 31.6 Å². The number of benzene rings is 1. The second kappa shape index (κ2) is 6.37. The van der Waals surface area contributed by atoms with E-state index in [4.69, 9.17) is 14.2 Å². The highest BCUT2D eigenvalue weighted by molar-refractivity contribution is 5.96. The number of nitrogens with zero attached hydrogens (tertiary/aromatic N) is 2. The largest absolute Gasteiger partial charge is 0.492 e. The molecule has 0 radical (unpaired) electrons. The van der Waals surface area contributed by atoms with Gasteiger partial charge in [0.1, 0.15) is 0 Å². The van der Waals surface area contributed by atoms with Crippen molar-refractivity contribution in [2.24, 2.45) is 0 Å². The molecule has 0 spiro atoms. The Labute approximate surface area is 146 Å². The molecule has 130 valence electrons. The summed E-state index contributed by atoms with van der Waals surface area (Å²) >= 11 is 0. The number of carbonyl (C=O) groups excluding carboxylic acids is 1. The summed E-state index contributed by atoms with van der Waals surface area (Å²) in [6, 6.07) is 5.54. The van der Waals surface area contributed by atoms with Gasteiger partial charge in [0.2, 0.25) is 12.5 Å². The fourth-order valence-corrected chi connectivity index (χ4v) is 3.60. The third kappa shape index (κ3) is 2.72. The fraction of sp³-hybridized carbons (Fsp3) is 0.368. The summed E-state index contributed by atoms with van der Waals surface area (Å²) in [6.45, 7) is 1.07. The molecule has 0 amide bonds. The van der Waals surface area contributed by atoms with Crippen molar-refractivity contribution >= 4 is 5.78 Å². The van der Waals surface area contributed by atoms with Crippen LogP contribution in [0.3, 0.4) is 0 Å².